The Labute approximate surface area is 300 Å². The molecule has 6 aliphatic rings. The molecule has 0 bridgehead atoms. The van der Waals surface area contributed by atoms with Crippen molar-refractivity contribution in [3.63, 3.8) is 0 Å². The Hall–Kier alpha value is -1.02. The largest absolute Gasteiger partial charge is 0.481 e. The molecule has 0 spiro atoms. The van der Waals surface area contributed by atoms with Gasteiger partial charge in [-0.15, -0.1) is 0 Å². The topological polar surface area (TPSA) is 95.9 Å². The predicted molar refractivity (Wildman–Crippen MR) is 199 cm³/mol. The van der Waals surface area contributed by atoms with Crippen molar-refractivity contribution < 1.29 is 23.4 Å². The number of fused-ring (bicyclic) bond motifs is 5. The maximum atomic E-state index is 11.6. The van der Waals surface area contributed by atoms with E-state index in [2.05, 4.69) is 45.2 Å². The molecule has 4 fully saturated rings. The van der Waals surface area contributed by atoms with E-state index in [1.807, 2.05) is 0 Å². The predicted octanol–water partition coefficient (Wildman–Crippen LogP) is 9.15. The average Bonchev–Trinajstić information content (AvgIpc) is 3.06. The van der Waals surface area contributed by atoms with E-state index in [1.165, 1.54) is 76.2 Å². The number of allylic oxidation sites excluding steroid dienone is 4. The summed E-state index contributed by atoms with van der Waals surface area (Å²) in [5.74, 6) is 2.97. The highest BCUT2D eigenvalue weighted by molar-refractivity contribution is 7.79. The number of nitrogens with one attached hydrogen (secondary N) is 1. The van der Waals surface area contributed by atoms with Crippen LogP contribution in [-0.2, 0) is 20.1 Å². The molecule has 10 atom stereocenters. The molecule has 0 heterocycles. The van der Waals surface area contributed by atoms with E-state index >= 15 is 0 Å². The van der Waals surface area contributed by atoms with Crippen molar-refractivity contribution in [2.75, 3.05) is 19.3 Å². The van der Waals surface area contributed by atoms with Gasteiger partial charge in [0, 0.05) is 6.26 Å². The molecule has 4 saturated carbocycles. The van der Waals surface area contributed by atoms with Crippen LogP contribution in [-0.4, -0.2) is 51.4 Å². The van der Waals surface area contributed by atoms with Gasteiger partial charge in [0.25, 0.3) is 0 Å². The van der Waals surface area contributed by atoms with Gasteiger partial charge in [0.05, 0.1) is 17.6 Å². The standard InChI is InChI=1S/C42H69NO5S/c1-29-34(30-11-13-32(14-12-30)38(44)45)19-22-39(2)35(29)20-23-41(4)37(39)16-15-36-31(10-8-21-40(36,41)3)9-6-7-27-43-28-26-42(46)24-17-33(18-25-42)48-49(5)47/h11,19,29,31-33,35-37,43,46H,6-10,12-18,20-28H2,1-5H3,(H,44,45)/t29?,31?,32?,33?,35?,36?,37?,39?,40-,41?,42?,49?/m1/s1. The molecule has 0 radical (unpaired) electrons. The molecule has 6 nitrogen and oxygen atoms in total. The Kier molecular flexibility index (Phi) is 11.7. The zero-order valence-corrected chi connectivity index (χ0v) is 32.4. The molecule has 0 aromatic rings. The number of aliphatic hydroxyl groups is 1. The lowest BCUT2D eigenvalue weighted by Crippen LogP contribution is -2.62. The first kappa shape index (κ1) is 37.7. The Balaban J connectivity index is 1.00. The van der Waals surface area contributed by atoms with Gasteiger partial charge < -0.3 is 15.5 Å². The first-order valence-corrected chi connectivity index (χ1v) is 21.8. The molecular formula is C42H69NO5S. The second kappa shape index (κ2) is 15.1. The molecule has 3 N–H and O–H groups in total. The van der Waals surface area contributed by atoms with Gasteiger partial charge >= 0.3 is 5.97 Å². The number of carboxylic acids is 1. The molecular weight excluding hydrogens is 631 g/mol. The monoisotopic (exact) mass is 699 g/mol. The second-order valence-corrected chi connectivity index (χ2v) is 19.5. The third kappa shape index (κ3) is 7.45. The summed E-state index contributed by atoms with van der Waals surface area (Å²) in [4.78, 5) is 11.6. The number of carbonyl (C=O) groups is 1. The van der Waals surface area contributed by atoms with E-state index in [-0.39, 0.29) is 12.0 Å². The summed E-state index contributed by atoms with van der Waals surface area (Å²) in [5.41, 5.74) is 3.61. The van der Waals surface area contributed by atoms with E-state index < -0.39 is 22.7 Å². The van der Waals surface area contributed by atoms with Gasteiger partial charge in [0.1, 0.15) is 0 Å². The van der Waals surface area contributed by atoms with Crippen LogP contribution >= 0.6 is 0 Å². The first-order valence-electron chi connectivity index (χ1n) is 20.4. The van der Waals surface area contributed by atoms with Crippen LogP contribution in [0.15, 0.2) is 23.3 Å². The number of carboxylic acid groups (broad SMARTS) is 1. The molecule has 0 aliphatic heterocycles. The van der Waals surface area contributed by atoms with Crippen molar-refractivity contribution in [2.24, 2.45) is 51.8 Å². The number of aliphatic carboxylic acids is 1. The average molecular weight is 700 g/mol. The smallest absolute Gasteiger partial charge is 0.306 e. The Morgan fingerprint density at radius 1 is 0.939 bits per heavy atom. The lowest BCUT2D eigenvalue weighted by atomic mass is 9.35. The highest BCUT2D eigenvalue weighted by atomic mass is 32.2. The maximum absolute atomic E-state index is 11.6. The van der Waals surface area contributed by atoms with Gasteiger partial charge in [0.2, 0.25) is 0 Å². The highest BCUT2D eigenvalue weighted by Gasteiger charge is 2.65. The summed E-state index contributed by atoms with van der Waals surface area (Å²) < 4.78 is 16.8. The second-order valence-electron chi connectivity index (χ2n) is 18.5. The van der Waals surface area contributed by atoms with Gasteiger partial charge in [-0.3, -0.25) is 8.98 Å². The summed E-state index contributed by atoms with van der Waals surface area (Å²) in [6.07, 6.45) is 27.6. The molecule has 6 rings (SSSR count). The summed E-state index contributed by atoms with van der Waals surface area (Å²) in [7, 11) is 0. The fourth-order valence-electron chi connectivity index (χ4n) is 13.2. The third-order valence-corrected chi connectivity index (χ3v) is 16.7. The van der Waals surface area contributed by atoms with Crippen LogP contribution in [0.4, 0.5) is 0 Å². The van der Waals surface area contributed by atoms with Crippen molar-refractivity contribution in [3.8, 4) is 0 Å². The Bertz CT molecular complexity index is 1270. The minimum Gasteiger partial charge on any atom is -0.481 e. The Morgan fingerprint density at radius 2 is 1.71 bits per heavy atom. The molecule has 0 amide bonds. The van der Waals surface area contributed by atoms with Gasteiger partial charge in [-0.2, -0.15) is 0 Å². The minimum atomic E-state index is -1.23. The molecule has 9 unspecified atom stereocenters. The van der Waals surface area contributed by atoms with Crippen LogP contribution in [0.25, 0.3) is 0 Å². The van der Waals surface area contributed by atoms with E-state index in [1.54, 1.807) is 11.8 Å². The number of unbranched alkanes of at least 4 members (excludes halogenated alkanes) is 1. The quantitative estimate of drug-likeness (QED) is 0.176. The zero-order valence-electron chi connectivity index (χ0n) is 31.6. The Morgan fingerprint density at radius 3 is 2.41 bits per heavy atom. The van der Waals surface area contributed by atoms with Crippen LogP contribution in [0.3, 0.4) is 0 Å². The molecule has 49 heavy (non-hydrogen) atoms. The lowest BCUT2D eigenvalue weighted by Gasteiger charge is -2.70. The van der Waals surface area contributed by atoms with Gasteiger partial charge in [0.15, 0.2) is 11.1 Å². The van der Waals surface area contributed by atoms with Gasteiger partial charge in [-0.1, -0.05) is 65.5 Å². The highest BCUT2D eigenvalue weighted by Crippen LogP contribution is 2.73. The van der Waals surface area contributed by atoms with Crippen molar-refractivity contribution >= 4 is 17.0 Å². The van der Waals surface area contributed by atoms with Crippen LogP contribution in [0, 0.1) is 51.8 Å². The molecule has 0 aromatic heterocycles. The van der Waals surface area contributed by atoms with Crippen LogP contribution in [0.1, 0.15) is 150 Å². The number of hydrogen-bond donors (Lipinski definition) is 3. The van der Waals surface area contributed by atoms with Crippen molar-refractivity contribution in [2.45, 2.75) is 161 Å². The van der Waals surface area contributed by atoms with E-state index in [0.717, 1.165) is 81.7 Å². The van der Waals surface area contributed by atoms with E-state index in [0.29, 0.717) is 28.6 Å². The SMILES string of the molecule is CC1C(C2=CCC(C(=O)O)CC2)=CCC2(C)C1CCC1(C)C2CCC2C(CCCCNCCC3(O)CCC(OS(C)=O)CC3)CCC[C@]21C. The number of rotatable bonds is 12. The fraction of sp³-hybridized carbons (Fsp3) is 0.881. The van der Waals surface area contributed by atoms with Gasteiger partial charge in [-0.25, -0.2) is 4.21 Å². The zero-order chi connectivity index (χ0) is 35.0. The van der Waals surface area contributed by atoms with Crippen molar-refractivity contribution in [3.05, 3.63) is 23.3 Å². The maximum Gasteiger partial charge on any atom is 0.306 e. The van der Waals surface area contributed by atoms with Gasteiger partial charge in [-0.05, 0) is 166 Å². The third-order valence-electron chi connectivity index (χ3n) is 16.2. The molecule has 278 valence electrons. The summed E-state index contributed by atoms with van der Waals surface area (Å²) in [6, 6.07) is 0. The summed E-state index contributed by atoms with van der Waals surface area (Å²) in [6.45, 7) is 12.5. The first-order chi connectivity index (χ1) is 23.3. The van der Waals surface area contributed by atoms with Crippen molar-refractivity contribution in [1.29, 1.82) is 0 Å². The minimum absolute atomic E-state index is 0.0278. The summed E-state index contributed by atoms with van der Waals surface area (Å²) >= 11 is -1.23. The number of hydrogen-bond acceptors (Lipinski definition) is 5. The lowest BCUT2D eigenvalue weighted by molar-refractivity contribution is -0.204. The molecule has 6 aliphatic carbocycles. The van der Waals surface area contributed by atoms with Crippen LogP contribution < -0.4 is 5.32 Å². The molecule has 0 saturated heterocycles. The van der Waals surface area contributed by atoms with E-state index in [4.69, 9.17) is 4.18 Å². The van der Waals surface area contributed by atoms with Crippen LogP contribution in [0.2, 0.25) is 0 Å². The normalized spacial score (nSPS) is 44.5. The van der Waals surface area contributed by atoms with Crippen LogP contribution in [0.5, 0.6) is 0 Å². The molecule has 0 aromatic carbocycles. The fourth-order valence-corrected chi connectivity index (χ4v) is 13.8. The summed E-state index contributed by atoms with van der Waals surface area (Å²) in [5, 5.41) is 24.2. The van der Waals surface area contributed by atoms with Crippen molar-refractivity contribution in [1.82, 2.24) is 5.32 Å². The molecule has 7 heteroatoms. The van der Waals surface area contributed by atoms with E-state index in [9.17, 15) is 19.2 Å².